The number of nitriles is 1. The fraction of sp³-hybridized carbons (Fsp3) is 0.462. The topological polar surface area (TPSA) is 66.2 Å². The van der Waals surface area contributed by atoms with Gasteiger partial charge in [0.2, 0.25) is 0 Å². The summed E-state index contributed by atoms with van der Waals surface area (Å²) in [4.78, 5) is 17.9. The Balaban J connectivity index is 2.17. The summed E-state index contributed by atoms with van der Waals surface area (Å²) in [6.07, 6.45) is 1.62. The predicted octanol–water partition coefficient (Wildman–Crippen LogP) is 1.20. The third kappa shape index (κ3) is 2.28. The smallest absolute Gasteiger partial charge is 0.310 e. The van der Waals surface area contributed by atoms with E-state index in [2.05, 4.69) is 11.1 Å². The molecule has 0 radical (unpaired) electrons. The largest absolute Gasteiger partial charge is 0.469 e. The van der Waals surface area contributed by atoms with E-state index in [0.29, 0.717) is 12.1 Å². The minimum atomic E-state index is -0.179. The number of carbonyl (C=O) groups is 1. The van der Waals surface area contributed by atoms with Crippen LogP contribution in [-0.4, -0.2) is 31.2 Å². The van der Waals surface area contributed by atoms with Crippen LogP contribution in [0.15, 0.2) is 18.3 Å². The van der Waals surface area contributed by atoms with Crippen LogP contribution in [-0.2, 0) is 9.53 Å². The molecule has 2 heterocycles. The Kier molecular flexibility index (Phi) is 3.47. The van der Waals surface area contributed by atoms with Crippen molar-refractivity contribution in [1.29, 1.82) is 5.26 Å². The van der Waals surface area contributed by atoms with Gasteiger partial charge in [-0.15, -0.1) is 0 Å². The average Bonchev–Trinajstić information content (AvgIpc) is 2.80. The lowest BCUT2D eigenvalue weighted by atomic mass is 9.99. The van der Waals surface area contributed by atoms with Gasteiger partial charge in [0.15, 0.2) is 0 Å². The Morgan fingerprint density at radius 2 is 2.39 bits per heavy atom. The van der Waals surface area contributed by atoms with Crippen LogP contribution >= 0.6 is 0 Å². The number of hydrogen-bond acceptors (Lipinski definition) is 5. The van der Waals surface area contributed by atoms with Crippen molar-refractivity contribution in [3.63, 3.8) is 0 Å². The van der Waals surface area contributed by atoms with Gasteiger partial charge in [-0.05, 0) is 18.1 Å². The molecule has 1 aromatic heterocycles. The molecule has 1 fully saturated rings. The summed E-state index contributed by atoms with van der Waals surface area (Å²) in [5, 5.41) is 8.86. The SMILES string of the molecule is COC(=O)C1CN(c2cc(C#N)ccn2)CC1C. The molecule has 1 aromatic rings. The van der Waals surface area contributed by atoms with E-state index < -0.39 is 0 Å². The molecule has 2 rings (SSSR count). The second-order valence-electron chi connectivity index (χ2n) is 4.53. The molecule has 18 heavy (non-hydrogen) atoms. The molecule has 0 bridgehead atoms. The summed E-state index contributed by atoms with van der Waals surface area (Å²) in [7, 11) is 1.41. The molecule has 0 spiro atoms. The fourth-order valence-corrected chi connectivity index (χ4v) is 2.27. The lowest BCUT2D eigenvalue weighted by Gasteiger charge is -2.16. The Hall–Kier alpha value is -2.09. The predicted molar refractivity (Wildman–Crippen MR) is 65.8 cm³/mol. The molecule has 0 amide bonds. The zero-order valence-corrected chi connectivity index (χ0v) is 10.5. The maximum Gasteiger partial charge on any atom is 0.310 e. The Morgan fingerprint density at radius 3 is 3.06 bits per heavy atom. The number of hydrogen-bond donors (Lipinski definition) is 0. The number of aromatic nitrogens is 1. The van der Waals surface area contributed by atoms with Crippen LogP contribution in [0, 0.1) is 23.2 Å². The molecule has 5 heteroatoms. The Morgan fingerprint density at radius 1 is 1.61 bits per heavy atom. The number of methoxy groups -OCH3 is 1. The highest BCUT2D eigenvalue weighted by Crippen LogP contribution is 2.27. The molecular formula is C13H15N3O2. The van der Waals surface area contributed by atoms with Crippen molar-refractivity contribution in [3.05, 3.63) is 23.9 Å². The van der Waals surface area contributed by atoms with E-state index in [0.717, 1.165) is 12.4 Å². The third-order valence-corrected chi connectivity index (χ3v) is 3.31. The van der Waals surface area contributed by atoms with Gasteiger partial charge in [-0.1, -0.05) is 6.92 Å². The third-order valence-electron chi connectivity index (χ3n) is 3.31. The number of ether oxygens (including phenoxy) is 1. The van der Waals surface area contributed by atoms with E-state index in [4.69, 9.17) is 10.00 Å². The first kappa shape index (κ1) is 12.4. The van der Waals surface area contributed by atoms with Gasteiger partial charge in [-0.2, -0.15) is 5.26 Å². The molecule has 1 saturated heterocycles. The van der Waals surface area contributed by atoms with E-state index in [-0.39, 0.29) is 17.8 Å². The normalized spacial score (nSPS) is 22.6. The fourth-order valence-electron chi connectivity index (χ4n) is 2.27. The van der Waals surface area contributed by atoms with Crippen LogP contribution in [0.5, 0.6) is 0 Å². The van der Waals surface area contributed by atoms with Crippen molar-refractivity contribution in [2.24, 2.45) is 11.8 Å². The van der Waals surface area contributed by atoms with Crippen LogP contribution in [0.4, 0.5) is 5.82 Å². The standard InChI is InChI=1S/C13H15N3O2/c1-9-7-16(8-11(9)13(17)18-2)12-5-10(6-14)3-4-15-12/h3-5,9,11H,7-8H2,1-2H3. The quantitative estimate of drug-likeness (QED) is 0.732. The number of pyridine rings is 1. The van der Waals surface area contributed by atoms with Crippen molar-refractivity contribution in [1.82, 2.24) is 4.98 Å². The van der Waals surface area contributed by atoms with Crippen LogP contribution in [0.1, 0.15) is 12.5 Å². The average molecular weight is 245 g/mol. The molecule has 1 aliphatic rings. The maximum atomic E-state index is 11.6. The number of nitrogens with zero attached hydrogens (tertiary/aromatic N) is 3. The zero-order valence-electron chi connectivity index (χ0n) is 10.5. The minimum absolute atomic E-state index is 0.123. The molecular weight excluding hydrogens is 230 g/mol. The van der Waals surface area contributed by atoms with Gasteiger partial charge >= 0.3 is 5.97 Å². The van der Waals surface area contributed by atoms with Crippen LogP contribution in [0.3, 0.4) is 0 Å². The molecule has 1 aliphatic heterocycles. The van der Waals surface area contributed by atoms with Gasteiger partial charge in [-0.3, -0.25) is 4.79 Å². The number of anilines is 1. The Labute approximate surface area is 106 Å². The minimum Gasteiger partial charge on any atom is -0.469 e. The van der Waals surface area contributed by atoms with E-state index in [9.17, 15) is 4.79 Å². The summed E-state index contributed by atoms with van der Waals surface area (Å²) in [6, 6.07) is 5.50. The van der Waals surface area contributed by atoms with Crippen LogP contribution < -0.4 is 4.90 Å². The van der Waals surface area contributed by atoms with Gasteiger partial charge < -0.3 is 9.64 Å². The molecule has 0 aliphatic carbocycles. The molecule has 0 aromatic carbocycles. The molecule has 2 atom stereocenters. The Bertz CT molecular complexity index is 495. The van der Waals surface area contributed by atoms with Crippen molar-refractivity contribution < 1.29 is 9.53 Å². The second-order valence-corrected chi connectivity index (χ2v) is 4.53. The van der Waals surface area contributed by atoms with Gasteiger partial charge in [0.25, 0.3) is 0 Å². The number of esters is 1. The van der Waals surface area contributed by atoms with Crippen LogP contribution in [0.25, 0.3) is 0 Å². The van der Waals surface area contributed by atoms with E-state index in [1.165, 1.54) is 7.11 Å². The van der Waals surface area contributed by atoms with Crippen molar-refractivity contribution in [3.8, 4) is 6.07 Å². The zero-order chi connectivity index (χ0) is 13.1. The molecule has 94 valence electrons. The van der Waals surface area contributed by atoms with Crippen molar-refractivity contribution in [2.45, 2.75) is 6.92 Å². The summed E-state index contributed by atoms with van der Waals surface area (Å²) >= 11 is 0. The highest BCUT2D eigenvalue weighted by Gasteiger charge is 2.36. The van der Waals surface area contributed by atoms with Crippen molar-refractivity contribution in [2.75, 3.05) is 25.1 Å². The highest BCUT2D eigenvalue weighted by atomic mass is 16.5. The monoisotopic (exact) mass is 245 g/mol. The molecule has 5 nitrogen and oxygen atoms in total. The van der Waals surface area contributed by atoms with Gasteiger partial charge in [-0.25, -0.2) is 4.98 Å². The van der Waals surface area contributed by atoms with Gasteiger partial charge in [0.1, 0.15) is 5.82 Å². The number of carbonyl (C=O) groups excluding carboxylic acids is 1. The van der Waals surface area contributed by atoms with Crippen LogP contribution in [0.2, 0.25) is 0 Å². The molecule has 0 saturated carbocycles. The first-order valence-corrected chi connectivity index (χ1v) is 5.84. The van der Waals surface area contributed by atoms with E-state index >= 15 is 0 Å². The lowest BCUT2D eigenvalue weighted by molar-refractivity contribution is -0.145. The first-order valence-electron chi connectivity index (χ1n) is 5.84. The van der Waals surface area contributed by atoms with Crippen molar-refractivity contribution >= 4 is 11.8 Å². The van der Waals surface area contributed by atoms with E-state index in [1.807, 2.05) is 11.8 Å². The highest BCUT2D eigenvalue weighted by molar-refractivity contribution is 5.74. The lowest BCUT2D eigenvalue weighted by Crippen LogP contribution is -2.24. The maximum absolute atomic E-state index is 11.6. The molecule has 2 unspecified atom stereocenters. The second kappa shape index (κ2) is 5.05. The van der Waals surface area contributed by atoms with E-state index in [1.54, 1.807) is 18.3 Å². The van der Waals surface area contributed by atoms with Gasteiger partial charge in [0, 0.05) is 19.3 Å². The first-order chi connectivity index (χ1) is 8.65. The summed E-state index contributed by atoms with van der Waals surface area (Å²) in [5.41, 5.74) is 0.578. The molecule has 0 N–H and O–H groups in total. The summed E-state index contributed by atoms with van der Waals surface area (Å²) < 4.78 is 4.80. The summed E-state index contributed by atoms with van der Waals surface area (Å²) in [5.74, 6) is 0.668. The number of rotatable bonds is 2. The van der Waals surface area contributed by atoms with Gasteiger partial charge in [0.05, 0.1) is 24.7 Å². The summed E-state index contributed by atoms with van der Waals surface area (Å²) in [6.45, 7) is 3.37.